The third-order valence-electron chi connectivity index (χ3n) is 5.95. The molecule has 0 unspecified atom stereocenters. The molecule has 4 aromatic rings. The summed E-state index contributed by atoms with van der Waals surface area (Å²) < 4.78 is 54.4. The number of hydrogen-bond donors (Lipinski definition) is 1. The number of carbonyl (C=O) groups excluding carboxylic acids is 1. The Morgan fingerprint density at radius 3 is 2.68 bits per heavy atom. The minimum atomic E-state index is -4.55. The number of carbonyl (C=O) groups is 1. The van der Waals surface area contributed by atoms with Gasteiger partial charge in [-0.1, -0.05) is 6.07 Å². The highest BCUT2D eigenvalue weighted by atomic mass is 19.4. The fourth-order valence-electron chi connectivity index (χ4n) is 4.28. The van der Waals surface area contributed by atoms with E-state index in [0.717, 1.165) is 33.6 Å². The van der Waals surface area contributed by atoms with Gasteiger partial charge in [0.15, 0.2) is 5.69 Å². The van der Waals surface area contributed by atoms with Gasteiger partial charge in [0.05, 0.1) is 11.3 Å². The Labute approximate surface area is 190 Å². The quantitative estimate of drug-likeness (QED) is 0.442. The largest absolute Gasteiger partial charge is 0.416 e. The third kappa shape index (κ3) is 3.74. The van der Waals surface area contributed by atoms with E-state index < -0.39 is 34.6 Å². The summed E-state index contributed by atoms with van der Waals surface area (Å²) in [6.07, 6.45) is -4.07. The number of alkyl halides is 3. The van der Waals surface area contributed by atoms with E-state index in [0.29, 0.717) is 18.4 Å². The molecule has 3 heterocycles. The number of aryl methyl sites for hydroxylation is 1. The maximum Gasteiger partial charge on any atom is 0.416 e. The monoisotopic (exact) mass is 470 g/mol. The van der Waals surface area contributed by atoms with Crippen LogP contribution in [0.1, 0.15) is 33.0 Å². The van der Waals surface area contributed by atoms with Crippen LogP contribution >= 0.6 is 0 Å². The molecule has 1 aliphatic rings. The molecule has 0 saturated carbocycles. The standard InChI is InChI=1S/C24H18F4N4O2/c1-13-9-21(33)22(30-32(13)16-4-2-3-14(10-16)24(26,27)28)23(34)31-8-7-20-18(12-31)17-11-15(25)5-6-19(17)29-20/h2-6,9-11,29H,7-8,12H2,1H3. The number of benzene rings is 2. The number of H-pyrrole nitrogens is 1. The number of amides is 1. The Balaban J connectivity index is 1.52. The van der Waals surface area contributed by atoms with Crippen molar-refractivity contribution in [2.45, 2.75) is 26.1 Å². The Hall–Kier alpha value is -3.95. The van der Waals surface area contributed by atoms with Crippen molar-refractivity contribution in [3.63, 3.8) is 0 Å². The minimum Gasteiger partial charge on any atom is -0.358 e. The Morgan fingerprint density at radius 2 is 1.91 bits per heavy atom. The second kappa shape index (κ2) is 7.82. The van der Waals surface area contributed by atoms with Crippen LogP contribution in [0, 0.1) is 12.7 Å². The molecule has 34 heavy (non-hydrogen) atoms. The molecule has 0 aliphatic carbocycles. The van der Waals surface area contributed by atoms with Crippen LogP contribution in [0.2, 0.25) is 0 Å². The summed E-state index contributed by atoms with van der Waals surface area (Å²) in [6, 6.07) is 10.0. The number of rotatable bonds is 2. The predicted octanol–water partition coefficient (Wildman–Crippen LogP) is 4.38. The van der Waals surface area contributed by atoms with Gasteiger partial charge in [-0.2, -0.15) is 18.3 Å². The van der Waals surface area contributed by atoms with Crippen molar-refractivity contribution in [3.8, 4) is 5.69 Å². The summed E-state index contributed by atoms with van der Waals surface area (Å²) in [6.45, 7) is 1.98. The number of halogens is 4. The molecule has 1 amide bonds. The average molecular weight is 470 g/mol. The molecule has 0 fully saturated rings. The summed E-state index contributed by atoms with van der Waals surface area (Å²) >= 11 is 0. The van der Waals surface area contributed by atoms with Gasteiger partial charge in [-0.05, 0) is 43.3 Å². The maximum atomic E-state index is 13.8. The van der Waals surface area contributed by atoms with E-state index >= 15 is 0 Å². The summed E-state index contributed by atoms with van der Waals surface area (Å²) in [5.74, 6) is -1.04. The highest BCUT2D eigenvalue weighted by Gasteiger charge is 2.31. The van der Waals surface area contributed by atoms with Crippen LogP contribution in [0.25, 0.3) is 16.6 Å². The van der Waals surface area contributed by atoms with Gasteiger partial charge < -0.3 is 9.88 Å². The molecule has 2 aromatic carbocycles. The summed E-state index contributed by atoms with van der Waals surface area (Å²) in [7, 11) is 0. The highest BCUT2D eigenvalue weighted by molar-refractivity contribution is 5.93. The van der Waals surface area contributed by atoms with Gasteiger partial charge in [0, 0.05) is 53.4 Å². The lowest BCUT2D eigenvalue weighted by atomic mass is 10.0. The molecular formula is C24H18F4N4O2. The zero-order chi connectivity index (χ0) is 24.2. The van der Waals surface area contributed by atoms with E-state index in [1.54, 1.807) is 6.07 Å². The Morgan fingerprint density at radius 1 is 1.12 bits per heavy atom. The minimum absolute atomic E-state index is 0.0782. The lowest BCUT2D eigenvalue weighted by Gasteiger charge is -2.27. The van der Waals surface area contributed by atoms with Crippen molar-refractivity contribution in [1.82, 2.24) is 19.7 Å². The van der Waals surface area contributed by atoms with Crippen molar-refractivity contribution in [1.29, 1.82) is 0 Å². The number of hydrogen-bond acceptors (Lipinski definition) is 3. The zero-order valence-electron chi connectivity index (χ0n) is 17.9. The predicted molar refractivity (Wildman–Crippen MR) is 116 cm³/mol. The fourth-order valence-corrected chi connectivity index (χ4v) is 4.28. The Kier molecular flexibility index (Phi) is 5.03. The molecule has 174 valence electrons. The second-order valence-electron chi connectivity index (χ2n) is 8.21. The van der Waals surface area contributed by atoms with E-state index in [1.807, 2.05) is 0 Å². The normalized spacial score (nSPS) is 13.9. The van der Waals surface area contributed by atoms with Gasteiger partial charge in [0.25, 0.3) is 5.91 Å². The zero-order valence-corrected chi connectivity index (χ0v) is 17.9. The van der Waals surface area contributed by atoms with Crippen LogP contribution in [0.5, 0.6) is 0 Å². The molecule has 0 radical (unpaired) electrons. The molecule has 2 aromatic heterocycles. The molecule has 1 aliphatic heterocycles. The second-order valence-corrected chi connectivity index (χ2v) is 8.21. The summed E-state index contributed by atoms with van der Waals surface area (Å²) in [5, 5.41) is 4.80. The van der Waals surface area contributed by atoms with Crippen molar-refractivity contribution >= 4 is 16.8 Å². The molecular weight excluding hydrogens is 452 g/mol. The van der Waals surface area contributed by atoms with Crippen LogP contribution in [-0.4, -0.2) is 32.1 Å². The average Bonchev–Trinajstić information content (AvgIpc) is 3.15. The SMILES string of the molecule is Cc1cc(=O)c(C(=O)N2CCc3[nH]c4ccc(F)cc4c3C2)nn1-c1cccc(C(F)(F)F)c1. The van der Waals surface area contributed by atoms with Crippen LogP contribution < -0.4 is 5.43 Å². The summed E-state index contributed by atoms with van der Waals surface area (Å²) in [4.78, 5) is 30.6. The molecule has 6 nitrogen and oxygen atoms in total. The maximum absolute atomic E-state index is 13.8. The first-order valence-electron chi connectivity index (χ1n) is 10.5. The molecule has 0 saturated heterocycles. The first kappa shape index (κ1) is 21.9. The number of aromatic amines is 1. The van der Waals surface area contributed by atoms with Gasteiger partial charge in [-0.3, -0.25) is 9.59 Å². The number of fused-ring (bicyclic) bond motifs is 3. The van der Waals surface area contributed by atoms with Gasteiger partial charge in [0.1, 0.15) is 5.82 Å². The Bertz CT molecular complexity index is 1500. The molecule has 0 spiro atoms. The topological polar surface area (TPSA) is 71.0 Å². The van der Waals surface area contributed by atoms with Crippen LogP contribution in [0.4, 0.5) is 17.6 Å². The number of nitrogens with zero attached hydrogens (tertiary/aromatic N) is 3. The molecule has 5 rings (SSSR count). The lowest BCUT2D eigenvalue weighted by molar-refractivity contribution is -0.137. The van der Waals surface area contributed by atoms with Crippen molar-refractivity contribution in [3.05, 3.63) is 92.8 Å². The molecule has 1 N–H and O–H groups in total. The van der Waals surface area contributed by atoms with Gasteiger partial charge >= 0.3 is 6.18 Å². The number of aromatic nitrogens is 3. The van der Waals surface area contributed by atoms with Crippen molar-refractivity contribution in [2.24, 2.45) is 0 Å². The first-order valence-corrected chi connectivity index (χ1v) is 10.5. The van der Waals surface area contributed by atoms with E-state index in [2.05, 4.69) is 10.1 Å². The van der Waals surface area contributed by atoms with Crippen LogP contribution in [-0.2, 0) is 19.1 Å². The lowest BCUT2D eigenvalue weighted by Crippen LogP contribution is -2.39. The first-order chi connectivity index (χ1) is 16.1. The molecule has 0 bridgehead atoms. The van der Waals surface area contributed by atoms with Gasteiger partial charge in [0.2, 0.25) is 5.43 Å². The molecule has 0 atom stereocenters. The van der Waals surface area contributed by atoms with Crippen molar-refractivity contribution < 1.29 is 22.4 Å². The summed E-state index contributed by atoms with van der Waals surface area (Å²) in [5.41, 5.74) is 0.888. The highest BCUT2D eigenvalue weighted by Crippen LogP contribution is 2.31. The van der Waals surface area contributed by atoms with Crippen molar-refractivity contribution in [2.75, 3.05) is 6.54 Å². The van der Waals surface area contributed by atoms with E-state index in [4.69, 9.17) is 0 Å². The van der Waals surface area contributed by atoms with Gasteiger partial charge in [-0.15, -0.1) is 0 Å². The number of nitrogens with one attached hydrogen (secondary N) is 1. The van der Waals surface area contributed by atoms with E-state index in [1.165, 1.54) is 42.2 Å². The van der Waals surface area contributed by atoms with Crippen LogP contribution in [0.15, 0.2) is 53.3 Å². The van der Waals surface area contributed by atoms with Crippen LogP contribution in [0.3, 0.4) is 0 Å². The molecule has 10 heteroatoms. The van der Waals surface area contributed by atoms with Gasteiger partial charge in [-0.25, -0.2) is 9.07 Å². The third-order valence-corrected chi connectivity index (χ3v) is 5.95. The van der Waals surface area contributed by atoms with E-state index in [-0.39, 0.29) is 17.9 Å². The smallest absolute Gasteiger partial charge is 0.358 e. The van der Waals surface area contributed by atoms with E-state index in [9.17, 15) is 27.2 Å². The fraction of sp³-hybridized carbons (Fsp3) is 0.208.